The molecule has 3 aromatic rings. The molecule has 0 bridgehead atoms. The fourth-order valence-electron chi connectivity index (χ4n) is 2.82. The van der Waals surface area contributed by atoms with Crippen molar-refractivity contribution in [3.05, 3.63) is 64.2 Å². The van der Waals surface area contributed by atoms with E-state index in [4.69, 9.17) is 4.74 Å². The number of nitrogens with one attached hydrogen (secondary N) is 1. The van der Waals surface area contributed by atoms with Crippen molar-refractivity contribution in [2.24, 2.45) is 0 Å². The van der Waals surface area contributed by atoms with E-state index in [1.165, 1.54) is 6.07 Å². The van der Waals surface area contributed by atoms with Crippen molar-refractivity contribution in [3.63, 3.8) is 0 Å². The molecule has 0 fully saturated rings. The zero-order valence-electron chi connectivity index (χ0n) is 15.4. The number of nitrogens with zero attached hydrogens (tertiary/aromatic N) is 3. The lowest BCUT2D eigenvalue weighted by Crippen LogP contribution is -2.23. The molecule has 150 valence electrons. The first kappa shape index (κ1) is 19.9. The van der Waals surface area contributed by atoms with Gasteiger partial charge in [-0.2, -0.15) is 4.39 Å². The summed E-state index contributed by atoms with van der Waals surface area (Å²) in [5, 5.41) is 13.1. The molecule has 1 amide bonds. The third-order valence-corrected chi connectivity index (χ3v) is 4.13. The van der Waals surface area contributed by atoms with E-state index in [0.29, 0.717) is 12.2 Å². The summed E-state index contributed by atoms with van der Waals surface area (Å²) in [7, 11) is 0. The van der Waals surface area contributed by atoms with Crippen molar-refractivity contribution in [1.82, 2.24) is 9.55 Å². The van der Waals surface area contributed by atoms with Gasteiger partial charge in [0.2, 0.25) is 5.82 Å². The predicted octanol–water partition coefficient (Wildman–Crippen LogP) is 2.83. The Bertz CT molecular complexity index is 1100. The number of halogens is 1. The second-order valence-corrected chi connectivity index (χ2v) is 6.09. The van der Waals surface area contributed by atoms with Crippen LogP contribution in [0.15, 0.2) is 42.5 Å². The number of anilines is 1. The number of imidazole rings is 1. The predicted molar refractivity (Wildman–Crippen MR) is 102 cm³/mol. The van der Waals surface area contributed by atoms with Gasteiger partial charge in [-0.05, 0) is 24.3 Å². The van der Waals surface area contributed by atoms with Crippen LogP contribution in [0, 0.1) is 15.9 Å². The van der Waals surface area contributed by atoms with Crippen molar-refractivity contribution in [1.29, 1.82) is 0 Å². The van der Waals surface area contributed by atoms with Gasteiger partial charge in [0, 0.05) is 18.2 Å². The minimum absolute atomic E-state index is 0.0213. The third kappa shape index (κ3) is 4.54. The molecule has 1 aromatic heterocycles. The molecule has 0 spiro atoms. The number of benzene rings is 2. The molecule has 1 N–H and O–H groups in total. The van der Waals surface area contributed by atoms with Gasteiger partial charge in [-0.1, -0.05) is 19.1 Å². The number of hydrogen-bond acceptors (Lipinski definition) is 6. The first-order valence-electron chi connectivity index (χ1n) is 8.72. The molecule has 10 heteroatoms. The molecule has 0 atom stereocenters. The number of rotatable bonds is 7. The van der Waals surface area contributed by atoms with Gasteiger partial charge in [-0.3, -0.25) is 19.7 Å². The van der Waals surface area contributed by atoms with Gasteiger partial charge >= 0.3 is 11.7 Å². The highest BCUT2D eigenvalue weighted by molar-refractivity contribution is 5.93. The number of aromatic nitrogens is 2. The zero-order chi connectivity index (χ0) is 21.0. The maximum atomic E-state index is 13.3. The van der Waals surface area contributed by atoms with Crippen molar-refractivity contribution in [2.45, 2.75) is 19.9 Å². The van der Waals surface area contributed by atoms with Crippen molar-refractivity contribution < 1.29 is 23.6 Å². The second kappa shape index (κ2) is 8.46. The summed E-state index contributed by atoms with van der Waals surface area (Å²) in [5.74, 6) is -1.64. The van der Waals surface area contributed by atoms with Crippen LogP contribution >= 0.6 is 0 Å². The van der Waals surface area contributed by atoms with Gasteiger partial charge in [-0.15, -0.1) is 0 Å². The first-order valence-corrected chi connectivity index (χ1v) is 8.72. The van der Waals surface area contributed by atoms with Crippen molar-refractivity contribution in [3.8, 4) is 0 Å². The summed E-state index contributed by atoms with van der Waals surface area (Å²) >= 11 is 0. The molecule has 29 heavy (non-hydrogen) atoms. The van der Waals surface area contributed by atoms with Crippen molar-refractivity contribution >= 4 is 34.3 Å². The topological polar surface area (TPSA) is 116 Å². The highest BCUT2D eigenvalue weighted by Gasteiger charge is 2.17. The smallest absolute Gasteiger partial charge is 0.326 e. The Balaban J connectivity index is 1.61. The number of hydrogen-bond donors (Lipinski definition) is 1. The molecule has 0 saturated heterocycles. The lowest BCUT2D eigenvalue weighted by Gasteiger charge is -2.09. The quantitative estimate of drug-likeness (QED) is 0.370. The summed E-state index contributed by atoms with van der Waals surface area (Å²) in [6, 6.07) is 10.3. The highest BCUT2D eigenvalue weighted by atomic mass is 19.1. The number of esters is 1. The molecule has 0 aliphatic rings. The molecule has 0 saturated carbocycles. The Kier molecular flexibility index (Phi) is 5.82. The van der Waals surface area contributed by atoms with Gasteiger partial charge in [0.05, 0.1) is 16.0 Å². The molecular formula is C19H17FN4O5. The molecule has 3 rings (SSSR count). The normalized spacial score (nSPS) is 10.7. The van der Waals surface area contributed by atoms with E-state index in [-0.39, 0.29) is 12.2 Å². The number of nitro benzene ring substituents is 1. The number of aryl methyl sites for hydroxylation is 1. The summed E-state index contributed by atoms with van der Waals surface area (Å²) < 4.78 is 20.0. The van der Waals surface area contributed by atoms with Gasteiger partial charge in [0.1, 0.15) is 12.4 Å². The van der Waals surface area contributed by atoms with Crippen LogP contribution < -0.4 is 5.32 Å². The monoisotopic (exact) mass is 400 g/mol. The van der Waals surface area contributed by atoms with Crippen LogP contribution in [0.1, 0.15) is 12.7 Å². The molecule has 9 nitrogen and oxygen atoms in total. The van der Waals surface area contributed by atoms with E-state index in [1.807, 2.05) is 31.2 Å². The van der Waals surface area contributed by atoms with Crippen LogP contribution in [0.5, 0.6) is 0 Å². The fraction of sp³-hybridized carbons (Fsp3) is 0.211. The summed E-state index contributed by atoms with van der Waals surface area (Å²) in [5.41, 5.74) is 0.795. The lowest BCUT2D eigenvalue weighted by atomic mass is 10.2. The number of carbonyl (C=O) groups is 2. The average Bonchev–Trinajstić information content (AvgIpc) is 3.05. The SMILES string of the molecule is CCc1nc2ccccc2n1CC(=O)OCC(=O)Nc1ccc(F)c([N+](=O)[O-])c1. The molecule has 2 aromatic carbocycles. The van der Waals surface area contributed by atoms with Crippen LogP contribution in [0.3, 0.4) is 0 Å². The van der Waals surface area contributed by atoms with Crippen LogP contribution in [-0.4, -0.2) is 33.0 Å². The van der Waals surface area contributed by atoms with E-state index in [0.717, 1.165) is 23.2 Å². The van der Waals surface area contributed by atoms with Gasteiger partial charge in [-0.25, -0.2) is 4.98 Å². The maximum Gasteiger partial charge on any atom is 0.326 e. The third-order valence-electron chi connectivity index (χ3n) is 4.13. The van der Waals surface area contributed by atoms with Crippen LogP contribution in [0.4, 0.5) is 15.8 Å². The Morgan fingerprint density at radius 3 is 2.76 bits per heavy atom. The summed E-state index contributed by atoms with van der Waals surface area (Å²) in [4.78, 5) is 38.4. The molecular weight excluding hydrogens is 383 g/mol. The Labute approximate surface area is 164 Å². The van der Waals surface area contributed by atoms with Gasteiger partial charge in [0.15, 0.2) is 6.61 Å². The van der Waals surface area contributed by atoms with Gasteiger partial charge in [0.25, 0.3) is 5.91 Å². The minimum Gasteiger partial charge on any atom is -0.454 e. The van der Waals surface area contributed by atoms with E-state index in [2.05, 4.69) is 10.3 Å². The largest absolute Gasteiger partial charge is 0.454 e. The maximum absolute atomic E-state index is 13.3. The lowest BCUT2D eigenvalue weighted by molar-refractivity contribution is -0.387. The number of nitro groups is 1. The number of fused-ring (bicyclic) bond motifs is 1. The number of ether oxygens (including phenoxy) is 1. The summed E-state index contributed by atoms with van der Waals surface area (Å²) in [6.45, 7) is 1.22. The first-order chi connectivity index (χ1) is 13.9. The van der Waals surface area contributed by atoms with Crippen LogP contribution in [-0.2, 0) is 27.3 Å². The zero-order valence-corrected chi connectivity index (χ0v) is 15.4. The Morgan fingerprint density at radius 1 is 1.28 bits per heavy atom. The second-order valence-electron chi connectivity index (χ2n) is 6.09. The van der Waals surface area contributed by atoms with Gasteiger partial charge < -0.3 is 14.6 Å². The molecule has 0 aliphatic heterocycles. The Hall–Kier alpha value is -3.82. The molecule has 0 unspecified atom stereocenters. The summed E-state index contributed by atoms with van der Waals surface area (Å²) in [6.07, 6.45) is 0.617. The highest BCUT2D eigenvalue weighted by Crippen LogP contribution is 2.21. The Morgan fingerprint density at radius 2 is 2.03 bits per heavy atom. The van der Waals surface area contributed by atoms with E-state index in [1.54, 1.807) is 4.57 Å². The standard InChI is InChI=1S/C19H17FN4O5/c1-2-17-22-14-5-3-4-6-15(14)23(17)10-19(26)29-11-18(25)21-12-7-8-13(20)16(9-12)24(27)28/h3-9H,2,10-11H2,1H3,(H,21,25). The van der Waals surface area contributed by atoms with E-state index in [9.17, 15) is 24.1 Å². The van der Waals surface area contributed by atoms with Crippen molar-refractivity contribution in [2.75, 3.05) is 11.9 Å². The number of amides is 1. The molecule has 1 heterocycles. The average molecular weight is 400 g/mol. The van der Waals surface area contributed by atoms with Crippen LogP contribution in [0.25, 0.3) is 11.0 Å². The fourth-order valence-corrected chi connectivity index (χ4v) is 2.82. The van der Waals surface area contributed by atoms with Crippen LogP contribution in [0.2, 0.25) is 0 Å². The number of carbonyl (C=O) groups excluding carboxylic acids is 2. The number of para-hydroxylation sites is 2. The van der Waals surface area contributed by atoms with E-state index >= 15 is 0 Å². The molecule has 0 radical (unpaired) electrons. The molecule has 0 aliphatic carbocycles. The minimum atomic E-state index is -1.02. The van der Waals surface area contributed by atoms with E-state index < -0.39 is 34.9 Å².